The molecule has 2 heterocycles. The van der Waals surface area contributed by atoms with E-state index < -0.39 is 16.1 Å². The Morgan fingerprint density at radius 3 is 0.981 bits per heavy atom. The van der Waals surface area contributed by atoms with Gasteiger partial charge >= 0.3 is 0 Å². The summed E-state index contributed by atoms with van der Waals surface area (Å²) in [7, 11) is -3.96. The van der Waals surface area contributed by atoms with Crippen LogP contribution in [0.4, 0.5) is 0 Å². The average Bonchev–Trinajstić information content (AvgIpc) is 3.05. The molecule has 5 rings (SSSR count). The van der Waals surface area contributed by atoms with Gasteiger partial charge in [0.2, 0.25) is 0 Å². The van der Waals surface area contributed by atoms with Crippen molar-refractivity contribution >= 4 is 50.8 Å². The summed E-state index contributed by atoms with van der Waals surface area (Å²) in [5.41, 5.74) is 19.6. The van der Waals surface area contributed by atoms with E-state index in [0.717, 1.165) is 0 Å². The van der Waals surface area contributed by atoms with Crippen LogP contribution in [0, 0.1) is 22.9 Å². The maximum absolute atomic E-state index is 4.15. The molecule has 0 saturated carbocycles. The molecule has 0 amide bonds. The fourth-order valence-corrected chi connectivity index (χ4v) is 22.3. The minimum absolute atomic E-state index is 0.0508. The highest BCUT2D eigenvalue weighted by atomic mass is 32.2. The molecule has 0 aromatic heterocycles. The summed E-state index contributed by atoms with van der Waals surface area (Å²) in [6, 6.07) is 19.3. The van der Waals surface area contributed by atoms with Crippen LogP contribution in [0.1, 0.15) is 147 Å². The van der Waals surface area contributed by atoms with Crippen LogP contribution in [0.3, 0.4) is 0 Å². The maximum Gasteiger partial charge on any atom is 0.146 e. The molecule has 0 bridgehead atoms. The number of hydrogen-bond donors (Lipinski definition) is 0. The van der Waals surface area contributed by atoms with Gasteiger partial charge < -0.3 is 0 Å². The number of benzene rings is 3. The molecule has 54 heavy (non-hydrogen) atoms. The van der Waals surface area contributed by atoms with Crippen molar-refractivity contribution in [3.8, 4) is 22.9 Å². The lowest BCUT2D eigenvalue weighted by atomic mass is 9.85. The van der Waals surface area contributed by atoms with Crippen molar-refractivity contribution in [2.24, 2.45) is 0 Å². The fraction of sp³-hybridized carbons (Fsp3) is 0.520. The van der Waals surface area contributed by atoms with E-state index in [2.05, 4.69) is 196 Å². The largest absolute Gasteiger partial charge is 0.146 e. The first-order chi connectivity index (χ1) is 25.0. The molecule has 2 aliphatic heterocycles. The van der Waals surface area contributed by atoms with E-state index in [1.54, 1.807) is 0 Å². The van der Waals surface area contributed by atoms with Crippen molar-refractivity contribution in [2.75, 3.05) is 0 Å². The van der Waals surface area contributed by atoms with Gasteiger partial charge in [0.05, 0.1) is 0 Å². The summed E-state index contributed by atoms with van der Waals surface area (Å²) in [5.74, 6) is 8.04. The summed E-state index contributed by atoms with van der Waals surface area (Å²) in [6.45, 7) is 43.0. The van der Waals surface area contributed by atoms with Gasteiger partial charge in [0.15, 0.2) is 0 Å². The van der Waals surface area contributed by atoms with Gasteiger partial charge in [-0.1, -0.05) is 172 Å². The Labute approximate surface area is 341 Å². The van der Waals surface area contributed by atoms with Crippen LogP contribution in [-0.2, 0) is 10.8 Å². The third-order valence-electron chi connectivity index (χ3n) is 12.8. The zero-order valence-electron chi connectivity index (χ0n) is 36.9. The van der Waals surface area contributed by atoms with Crippen LogP contribution in [0.25, 0.3) is 11.1 Å². The van der Waals surface area contributed by atoms with Gasteiger partial charge in [-0.2, -0.15) is 0 Å². The lowest BCUT2D eigenvalue weighted by Crippen LogP contribution is -2.43. The first kappa shape index (κ1) is 42.8. The molecule has 0 saturated heterocycles. The molecule has 3 aromatic rings. The minimum Gasteiger partial charge on any atom is -0.125 e. The monoisotopic (exact) mass is 788 g/mol. The van der Waals surface area contributed by atoms with Crippen LogP contribution < -0.4 is 10.4 Å². The molecule has 0 aliphatic carbocycles. The van der Waals surface area contributed by atoms with E-state index in [-0.39, 0.29) is 10.8 Å². The van der Waals surface area contributed by atoms with E-state index in [1.165, 1.54) is 63.4 Å². The van der Waals surface area contributed by atoms with Gasteiger partial charge in [-0.15, -0.1) is 11.1 Å². The fourth-order valence-electron chi connectivity index (χ4n) is 9.69. The van der Waals surface area contributed by atoms with E-state index in [1.807, 2.05) is 23.5 Å². The molecule has 0 nitrogen and oxygen atoms in total. The Morgan fingerprint density at radius 1 is 0.426 bits per heavy atom. The lowest BCUT2D eigenvalue weighted by Gasteiger charge is -2.38. The molecule has 0 fully saturated rings. The minimum atomic E-state index is -1.98. The van der Waals surface area contributed by atoms with Gasteiger partial charge in [0.1, 0.15) is 16.1 Å². The number of hydrogen-bond acceptors (Lipinski definition) is 2. The second kappa shape index (κ2) is 15.5. The predicted octanol–water partition coefficient (Wildman–Crippen LogP) is 14.1. The predicted molar refractivity (Wildman–Crippen MR) is 247 cm³/mol. The summed E-state index contributed by atoms with van der Waals surface area (Å²) in [5, 5.41) is 2.57. The van der Waals surface area contributed by atoms with Gasteiger partial charge in [0.25, 0.3) is 0 Å². The van der Waals surface area contributed by atoms with E-state index in [0.29, 0.717) is 33.2 Å². The average molecular weight is 789 g/mol. The molecule has 3 aromatic carbocycles. The number of fused-ring (bicyclic) bond motifs is 4. The van der Waals surface area contributed by atoms with Crippen LogP contribution >= 0.6 is 23.5 Å². The standard InChI is InChI=1S/C50H68S2Si2/c1-31(2)53(32(3)4,33(5)6)25-23-39-41-27-37(49(13,14)15)19-21-45(41)51-47-30-44-40(24-26-54(34(7)8,35(9)10)36(11)12)42-28-38(50(16,17)18)20-22-46(42)52-48(44)29-43(39)47/h19-22,27-36H,1-18H3. The first-order valence-corrected chi connectivity index (χ1v) is 26.7. The Bertz CT molecular complexity index is 1980. The summed E-state index contributed by atoms with van der Waals surface area (Å²) in [4.78, 5) is 5.22. The van der Waals surface area contributed by atoms with E-state index >= 15 is 0 Å². The second-order valence-electron chi connectivity index (χ2n) is 20.0. The van der Waals surface area contributed by atoms with Crippen LogP contribution in [0.5, 0.6) is 0 Å². The van der Waals surface area contributed by atoms with Crippen molar-refractivity contribution in [3.63, 3.8) is 0 Å². The maximum atomic E-state index is 4.15. The molecule has 0 N–H and O–H groups in total. The molecule has 0 spiro atoms. The Hall–Kier alpha value is -2.35. The molecular formula is C50H68S2Si2. The summed E-state index contributed by atoms with van der Waals surface area (Å²) < 4.78 is 0. The molecule has 288 valence electrons. The topological polar surface area (TPSA) is 0 Å². The Kier molecular flexibility index (Phi) is 12.3. The van der Waals surface area contributed by atoms with Crippen molar-refractivity contribution < 1.29 is 0 Å². The normalized spacial score (nSPS) is 14.6. The van der Waals surface area contributed by atoms with Crippen molar-refractivity contribution in [2.45, 2.75) is 188 Å². The van der Waals surface area contributed by atoms with Gasteiger partial charge in [-0.05, 0) is 91.6 Å². The van der Waals surface area contributed by atoms with E-state index in [9.17, 15) is 0 Å². The van der Waals surface area contributed by atoms with Gasteiger partial charge in [-0.25, -0.2) is 0 Å². The van der Waals surface area contributed by atoms with Crippen molar-refractivity contribution in [1.29, 1.82) is 0 Å². The van der Waals surface area contributed by atoms with E-state index in [4.69, 9.17) is 0 Å². The third-order valence-corrected chi connectivity index (χ3v) is 27.7. The first-order valence-electron chi connectivity index (χ1n) is 20.6. The second-order valence-corrected chi connectivity index (χ2v) is 33.3. The molecular weight excluding hydrogens is 721 g/mol. The van der Waals surface area contributed by atoms with Crippen molar-refractivity contribution in [1.82, 2.24) is 0 Å². The molecule has 0 atom stereocenters. The molecule has 4 heteroatoms. The zero-order chi connectivity index (χ0) is 40.3. The molecule has 2 aliphatic rings. The lowest BCUT2D eigenvalue weighted by molar-refractivity contribution is 0.589. The van der Waals surface area contributed by atoms with Crippen LogP contribution in [-0.4, -0.2) is 16.1 Å². The van der Waals surface area contributed by atoms with Crippen LogP contribution in [0.15, 0.2) is 68.1 Å². The van der Waals surface area contributed by atoms with Gasteiger partial charge in [0, 0.05) is 52.3 Å². The molecule has 0 radical (unpaired) electrons. The highest BCUT2D eigenvalue weighted by Crippen LogP contribution is 2.45. The molecule has 0 unspecified atom stereocenters. The summed E-state index contributed by atoms with van der Waals surface area (Å²) >= 11 is 3.84. The number of rotatable bonds is 6. The Morgan fingerprint density at radius 2 is 0.722 bits per heavy atom. The third kappa shape index (κ3) is 7.69. The SMILES string of the molecule is CC(C)[Si](C#CC1=c2cc3c(cc2Sc2ccc(C(C)(C)C)cc21)=C(C#C[Si](C(C)C)(C(C)C)C(C)C)c1cc(C(C)(C)C)ccc1S3)(C(C)C)C(C)C. The van der Waals surface area contributed by atoms with Crippen LogP contribution in [0.2, 0.25) is 33.2 Å². The summed E-state index contributed by atoms with van der Waals surface area (Å²) in [6.07, 6.45) is 0. The van der Waals surface area contributed by atoms with Crippen molar-refractivity contribution in [3.05, 3.63) is 81.2 Å². The van der Waals surface area contributed by atoms with Gasteiger partial charge in [-0.3, -0.25) is 0 Å². The highest BCUT2D eigenvalue weighted by Gasteiger charge is 2.43. The zero-order valence-corrected chi connectivity index (χ0v) is 40.5. The Balaban J connectivity index is 1.96. The quantitative estimate of drug-likeness (QED) is 0.180. The smallest absolute Gasteiger partial charge is 0.125 e. The highest BCUT2D eigenvalue weighted by molar-refractivity contribution is 8.00.